The van der Waals surface area contributed by atoms with Gasteiger partial charge < -0.3 is 5.32 Å². The van der Waals surface area contributed by atoms with Crippen LogP contribution in [0, 0.1) is 18.2 Å². The molecule has 1 heterocycles. The standard InChI is InChI=1S/C14H12FN3OS/c1-3-8-16-13(19)12-9-17-14(20-2)18(12)11-6-4-10(15)5-7-11/h1,4-7,9H,8H2,2H3,(H,16,19). The van der Waals surface area contributed by atoms with E-state index in [1.807, 2.05) is 6.26 Å². The van der Waals surface area contributed by atoms with Crippen molar-refractivity contribution in [2.45, 2.75) is 5.16 Å². The first kappa shape index (κ1) is 14.2. The fraction of sp³-hybridized carbons (Fsp3) is 0.143. The van der Waals surface area contributed by atoms with E-state index in [2.05, 4.69) is 16.2 Å². The van der Waals surface area contributed by atoms with Crippen molar-refractivity contribution in [2.24, 2.45) is 0 Å². The Morgan fingerprint density at radius 2 is 2.20 bits per heavy atom. The van der Waals surface area contributed by atoms with Crippen LogP contribution in [0.3, 0.4) is 0 Å². The zero-order chi connectivity index (χ0) is 14.5. The van der Waals surface area contributed by atoms with Crippen LogP contribution in [0.5, 0.6) is 0 Å². The summed E-state index contributed by atoms with van der Waals surface area (Å²) in [4.78, 5) is 16.2. The Bertz CT molecular complexity index is 658. The molecule has 6 heteroatoms. The molecular formula is C14H12FN3OS. The minimum atomic E-state index is -0.335. The second-order valence-electron chi connectivity index (χ2n) is 3.83. The number of halogens is 1. The van der Waals surface area contributed by atoms with Crippen LogP contribution in [-0.2, 0) is 0 Å². The maximum absolute atomic E-state index is 13.0. The molecule has 0 aliphatic rings. The van der Waals surface area contributed by atoms with Crippen molar-refractivity contribution in [3.05, 3.63) is 42.0 Å². The third-order valence-corrected chi connectivity index (χ3v) is 3.23. The van der Waals surface area contributed by atoms with Crippen LogP contribution in [0.15, 0.2) is 35.6 Å². The lowest BCUT2D eigenvalue weighted by atomic mass is 10.3. The highest BCUT2D eigenvalue weighted by atomic mass is 32.2. The number of thioether (sulfide) groups is 1. The SMILES string of the molecule is C#CCNC(=O)c1cnc(SC)n1-c1ccc(F)cc1. The van der Waals surface area contributed by atoms with Crippen LogP contribution in [-0.4, -0.2) is 28.3 Å². The third kappa shape index (κ3) is 2.83. The van der Waals surface area contributed by atoms with Gasteiger partial charge in [-0.05, 0) is 30.5 Å². The summed E-state index contributed by atoms with van der Waals surface area (Å²) in [6, 6.07) is 5.86. The van der Waals surface area contributed by atoms with Gasteiger partial charge >= 0.3 is 0 Å². The highest BCUT2D eigenvalue weighted by Crippen LogP contribution is 2.21. The second kappa shape index (κ2) is 6.26. The molecule has 0 bridgehead atoms. The predicted molar refractivity (Wildman–Crippen MR) is 76.5 cm³/mol. The van der Waals surface area contributed by atoms with Gasteiger partial charge in [0.1, 0.15) is 11.5 Å². The van der Waals surface area contributed by atoms with E-state index >= 15 is 0 Å². The quantitative estimate of drug-likeness (QED) is 0.692. The summed E-state index contributed by atoms with van der Waals surface area (Å²) in [5.41, 5.74) is 1.02. The summed E-state index contributed by atoms with van der Waals surface area (Å²) >= 11 is 1.39. The summed E-state index contributed by atoms with van der Waals surface area (Å²) < 4.78 is 14.7. The van der Waals surface area contributed by atoms with Gasteiger partial charge in [0.25, 0.3) is 5.91 Å². The van der Waals surface area contributed by atoms with Gasteiger partial charge in [-0.3, -0.25) is 9.36 Å². The molecular weight excluding hydrogens is 277 g/mol. The van der Waals surface area contributed by atoms with Gasteiger partial charge in [-0.2, -0.15) is 0 Å². The Hall–Kier alpha value is -2.26. The molecule has 0 radical (unpaired) electrons. The summed E-state index contributed by atoms with van der Waals surface area (Å²) in [6.45, 7) is 0.141. The van der Waals surface area contributed by atoms with Crippen molar-refractivity contribution in [1.82, 2.24) is 14.9 Å². The molecule has 0 aliphatic heterocycles. The highest BCUT2D eigenvalue weighted by Gasteiger charge is 2.17. The molecule has 1 amide bonds. The van der Waals surface area contributed by atoms with E-state index in [-0.39, 0.29) is 18.3 Å². The average molecular weight is 289 g/mol. The van der Waals surface area contributed by atoms with Crippen LogP contribution < -0.4 is 5.32 Å². The maximum atomic E-state index is 13.0. The second-order valence-corrected chi connectivity index (χ2v) is 4.60. The molecule has 0 spiro atoms. The van der Waals surface area contributed by atoms with Crippen molar-refractivity contribution >= 4 is 17.7 Å². The zero-order valence-electron chi connectivity index (χ0n) is 10.8. The van der Waals surface area contributed by atoms with Gasteiger partial charge in [0.05, 0.1) is 12.7 Å². The van der Waals surface area contributed by atoms with E-state index in [1.165, 1.54) is 30.1 Å². The van der Waals surface area contributed by atoms with Gasteiger partial charge in [0, 0.05) is 5.69 Å². The molecule has 1 N–H and O–H groups in total. The molecule has 0 atom stereocenters. The number of nitrogens with one attached hydrogen (secondary N) is 1. The van der Waals surface area contributed by atoms with E-state index in [1.54, 1.807) is 16.7 Å². The number of carbonyl (C=O) groups excluding carboxylic acids is 1. The molecule has 0 saturated heterocycles. The van der Waals surface area contributed by atoms with E-state index in [9.17, 15) is 9.18 Å². The first-order chi connectivity index (χ1) is 9.67. The third-order valence-electron chi connectivity index (χ3n) is 2.58. The van der Waals surface area contributed by atoms with Crippen molar-refractivity contribution in [3.8, 4) is 18.0 Å². The van der Waals surface area contributed by atoms with Crippen LogP contribution in [0.1, 0.15) is 10.5 Å². The van der Waals surface area contributed by atoms with E-state index in [0.29, 0.717) is 16.5 Å². The smallest absolute Gasteiger partial charge is 0.270 e. The van der Waals surface area contributed by atoms with Crippen molar-refractivity contribution in [2.75, 3.05) is 12.8 Å². The van der Waals surface area contributed by atoms with Crippen molar-refractivity contribution in [3.63, 3.8) is 0 Å². The molecule has 0 fully saturated rings. The van der Waals surface area contributed by atoms with Crippen LogP contribution in [0.2, 0.25) is 0 Å². The van der Waals surface area contributed by atoms with Crippen LogP contribution in [0.25, 0.3) is 5.69 Å². The van der Waals surface area contributed by atoms with Crippen molar-refractivity contribution in [1.29, 1.82) is 0 Å². The minimum absolute atomic E-state index is 0.141. The normalized spacial score (nSPS) is 10.1. The van der Waals surface area contributed by atoms with Crippen molar-refractivity contribution < 1.29 is 9.18 Å². The summed E-state index contributed by atoms with van der Waals surface area (Å²) in [7, 11) is 0. The van der Waals surface area contributed by atoms with E-state index in [4.69, 9.17) is 6.42 Å². The predicted octanol–water partition coefficient (Wildman–Crippen LogP) is 2.10. The number of hydrogen-bond donors (Lipinski definition) is 1. The molecule has 2 rings (SSSR count). The molecule has 1 aromatic heterocycles. The van der Waals surface area contributed by atoms with E-state index in [0.717, 1.165) is 0 Å². The highest BCUT2D eigenvalue weighted by molar-refractivity contribution is 7.98. The van der Waals surface area contributed by atoms with E-state index < -0.39 is 0 Å². The Morgan fingerprint density at radius 3 is 2.80 bits per heavy atom. The maximum Gasteiger partial charge on any atom is 0.270 e. The number of amides is 1. The first-order valence-corrected chi connectivity index (χ1v) is 6.99. The molecule has 1 aromatic carbocycles. The molecule has 0 aliphatic carbocycles. The minimum Gasteiger partial charge on any atom is -0.340 e. The number of carbonyl (C=O) groups is 1. The Labute approximate surface area is 120 Å². The van der Waals surface area contributed by atoms with Gasteiger partial charge in [0.2, 0.25) is 0 Å². The molecule has 0 saturated carbocycles. The van der Waals surface area contributed by atoms with Gasteiger partial charge in [-0.1, -0.05) is 17.7 Å². The van der Waals surface area contributed by atoms with Gasteiger partial charge in [-0.15, -0.1) is 6.42 Å². The van der Waals surface area contributed by atoms with Crippen LogP contribution in [0.4, 0.5) is 4.39 Å². The number of rotatable bonds is 4. The van der Waals surface area contributed by atoms with Gasteiger partial charge in [0.15, 0.2) is 5.16 Å². The number of terminal acetylenes is 1. The first-order valence-electron chi connectivity index (χ1n) is 5.76. The molecule has 0 unspecified atom stereocenters. The number of aromatic nitrogens is 2. The van der Waals surface area contributed by atoms with Gasteiger partial charge in [-0.25, -0.2) is 9.37 Å². The Morgan fingerprint density at radius 1 is 1.50 bits per heavy atom. The lowest BCUT2D eigenvalue weighted by molar-refractivity contribution is 0.0951. The number of imidazole rings is 1. The fourth-order valence-corrected chi connectivity index (χ4v) is 2.25. The average Bonchev–Trinajstić information content (AvgIpc) is 2.89. The number of nitrogens with zero attached hydrogens (tertiary/aromatic N) is 2. The van der Waals surface area contributed by atoms with Crippen LogP contribution >= 0.6 is 11.8 Å². The summed E-state index contributed by atoms with van der Waals surface area (Å²) in [5.74, 6) is 1.68. The topological polar surface area (TPSA) is 46.9 Å². The summed E-state index contributed by atoms with van der Waals surface area (Å²) in [6.07, 6.45) is 8.45. The summed E-state index contributed by atoms with van der Waals surface area (Å²) in [5, 5.41) is 3.23. The Kier molecular flexibility index (Phi) is 4.43. The molecule has 20 heavy (non-hydrogen) atoms. The zero-order valence-corrected chi connectivity index (χ0v) is 11.6. The largest absolute Gasteiger partial charge is 0.340 e. The number of benzene rings is 1. The lowest BCUT2D eigenvalue weighted by Crippen LogP contribution is -2.25. The molecule has 4 nitrogen and oxygen atoms in total. The molecule has 2 aromatic rings. The molecule has 102 valence electrons. The Balaban J connectivity index is 2.45. The number of hydrogen-bond acceptors (Lipinski definition) is 3. The lowest BCUT2D eigenvalue weighted by Gasteiger charge is -2.10. The monoisotopic (exact) mass is 289 g/mol. The fourth-order valence-electron chi connectivity index (χ4n) is 1.70.